The lowest BCUT2D eigenvalue weighted by Crippen LogP contribution is -2.33. The van der Waals surface area contributed by atoms with Crippen molar-refractivity contribution in [2.45, 2.75) is 58.3 Å². The fraction of sp³-hybridized carbons (Fsp3) is 0.938. The van der Waals surface area contributed by atoms with Crippen molar-refractivity contribution >= 4 is 5.91 Å². The van der Waals surface area contributed by atoms with Crippen LogP contribution in [0.3, 0.4) is 0 Å². The normalized spacial score (nSPS) is 31.9. The number of hydrogen-bond acceptors (Lipinski definition) is 2. The predicted molar refractivity (Wildman–Crippen MR) is 79.0 cm³/mol. The Kier molecular flexibility index (Phi) is 6.15. The van der Waals surface area contributed by atoms with E-state index >= 15 is 0 Å². The Balaban J connectivity index is 1.54. The van der Waals surface area contributed by atoms with E-state index in [1.165, 1.54) is 38.5 Å². The molecule has 1 atom stereocenters. The molecule has 0 bridgehead atoms. The molecule has 1 amide bonds. The highest BCUT2D eigenvalue weighted by Crippen LogP contribution is 2.27. The van der Waals surface area contributed by atoms with E-state index in [1.54, 1.807) is 0 Å². The number of carbonyl (C=O) groups is 1. The first-order valence-electron chi connectivity index (χ1n) is 8.21. The van der Waals surface area contributed by atoms with Gasteiger partial charge in [-0.1, -0.05) is 19.8 Å². The van der Waals surface area contributed by atoms with Gasteiger partial charge in [0.2, 0.25) is 5.91 Å². The maximum Gasteiger partial charge on any atom is 0.220 e. The van der Waals surface area contributed by atoms with Gasteiger partial charge < -0.3 is 10.6 Å². The summed E-state index contributed by atoms with van der Waals surface area (Å²) < 4.78 is 0. The van der Waals surface area contributed by atoms with Gasteiger partial charge in [-0.15, -0.1) is 0 Å². The second-order valence-electron chi connectivity index (χ2n) is 6.68. The van der Waals surface area contributed by atoms with Crippen molar-refractivity contribution in [3.63, 3.8) is 0 Å². The minimum atomic E-state index is 0.268. The zero-order valence-corrected chi connectivity index (χ0v) is 12.4. The van der Waals surface area contributed by atoms with Crippen LogP contribution in [-0.4, -0.2) is 25.5 Å². The van der Waals surface area contributed by atoms with Crippen LogP contribution in [-0.2, 0) is 4.79 Å². The largest absolute Gasteiger partial charge is 0.356 e. The van der Waals surface area contributed by atoms with Crippen LogP contribution >= 0.6 is 0 Å². The number of hydrogen-bond donors (Lipinski definition) is 2. The average molecular weight is 266 g/mol. The summed E-state index contributed by atoms with van der Waals surface area (Å²) >= 11 is 0. The Bertz CT molecular complexity index is 266. The fourth-order valence-corrected chi connectivity index (χ4v) is 3.39. The first kappa shape index (κ1) is 14.8. The molecule has 110 valence electrons. The zero-order chi connectivity index (χ0) is 13.5. The van der Waals surface area contributed by atoms with Gasteiger partial charge in [0.05, 0.1) is 0 Å². The van der Waals surface area contributed by atoms with Gasteiger partial charge in [0.1, 0.15) is 0 Å². The molecule has 0 spiro atoms. The highest BCUT2D eigenvalue weighted by molar-refractivity contribution is 5.75. The maximum atomic E-state index is 11.9. The molecule has 2 aliphatic rings. The van der Waals surface area contributed by atoms with Crippen LogP contribution in [0, 0.1) is 17.8 Å². The summed E-state index contributed by atoms with van der Waals surface area (Å²) in [6, 6.07) is 0. The van der Waals surface area contributed by atoms with Gasteiger partial charge in [-0.3, -0.25) is 4.79 Å². The summed E-state index contributed by atoms with van der Waals surface area (Å²) in [5, 5.41) is 6.56. The van der Waals surface area contributed by atoms with E-state index in [1.807, 2.05) is 0 Å². The quantitative estimate of drug-likeness (QED) is 0.803. The van der Waals surface area contributed by atoms with Gasteiger partial charge in [0.15, 0.2) is 0 Å². The van der Waals surface area contributed by atoms with E-state index < -0.39 is 0 Å². The van der Waals surface area contributed by atoms with Gasteiger partial charge >= 0.3 is 0 Å². The van der Waals surface area contributed by atoms with Crippen molar-refractivity contribution in [2.24, 2.45) is 17.8 Å². The molecule has 1 aliphatic heterocycles. The number of piperidine rings is 1. The SMILES string of the molecule is CC1CCC(CNC(=O)CCC2CCCNC2)CC1. The van der Waals surface area contributed by atoms with E-state index in [-0.39, 0.29) is 5.91 Å². The molecule has 1 saturated carbocycles. The Hall–Kier alpha value is -0.570. The van der Waals surface area contributed by atoms with Crippen molar-refractivity contribution in [3.05, 3.63) is 0 Å². The third kappa shape index (κ3) is 5.52. The first-order valence-corrected chi connectivity index (χ1v) is 8.21. The van der Waals surface area contributed by atoms with Crippen LogP contribution in [0.4, 0.5) is 0 Å². The van der Waals surface area contributed by atoms with Crippen LogP contribution in [0.5, 0.6) is 0 Å². The lowest BCUT2D eigenvalue weighted by atomic mass is 9.83. The highest BCUT2D eigenvalue weighted by atomic mass is 16.1. The summed E-state index contributed by atoms with van der Waals surface area (Å²) in [5.74, 6) is 2.61. The molecule has 3 nitrogen and oxygen atoms in total. The smallest absolute Gasteiger partial charge is 0.220 e. The second-order valence-corrected chi connectivity index (χ2v) is 6.68. The average Bonchev–Trinajstić information content (AvgIpc) is 2.45. The molecule has 0 aromatic heterocycles. The Morgan fingerprint density at radius 3 is 2.63 bits per heavy atom. The van der Waals surface area contributed by atoms with Gasteiger partial charge in [-0.25, -0.2) is 0 Å². The lowest BCUT2D eigenvalue weighted by Gasteiger charge is -2.26. The molecule has 1 aliphatic carbocycles. The fourth-order valence-electron chi connectivity index (χ4n) is 3.39. The van der Waals surface area contributed by atoms with Crippen molar-refractivity contribution in [1.29, 1.82) is 0 Å². The summed E-state index contributed by atoms with van der Waals surface area (Å²) in [5.41, 5.74) is 0. The summed E-state index contributed by atoms with van der Waals surface area (Å²) in [6.07, 6.45) is 9.62. The van der Waals surface area contributed by atoms with Crippen molar-refractivity contribution in [3.8, 4) is 0 Å². The Labute approximate surface area is 117 Å². The van der Waals surface area contributed by atoms with E-state index in [2.05, 4.69) is 17.6 Å². The molecule has 1 saturated heterocycles. The van der Waals surface area contributed by atoms with E-state index in [0.717, 1.165) is 50.2 Å². The molecule has 2 fully saturated rings. The van der Waals surface area contributed by atoms with Crippen LogP contribution in [0.1, 0.15) is 58.3 Å². The summed E-state index contributed by atoms with van der Waals surface area (Å²) in [4.78, 5) is 11.9. The molecule has 1 heterocycles. The van der Waals surface area contributed by atoms with Crippen molar-refractivity contribution in [2.75, 3.05) is 19.6 Å². The molecule has 2 N–H and O–H groups in total. The van der Waals surface area contributed by atoms with Gasteiger partial charge in [0, 0.05) is 13.0 Å². The first-order chi connectivity index (χ1) is 9.24. The molecule has 2 rings (SSSR count). The van der Waals surface area contributed by atoms with Crippen LogP contribution < -0.4 is 10.6 Å². The zero-order valence-electron chi connectivity index (χ0n) is 12.4. The van der Waals surface area contributed by atoms with E-state index in [9.17, 15) is 4.79 Å². The lowest BCUT2D eigenvalue weighted by molar-refractivity contribution is -0.121. The minimum absolute atomic E-state index is 0.268. The Morgan fingerprint density at radius 1 is 1.16 bits per heavy atom. The predicted octanol–water partition coefficient (Wildman–Crippen LogP) is 2.71. The molecule has 19 heavy (non-hydrogen) atoms. The second kappa shape index (κ2) is 7.88. The minimum Gasteiger partial charge on any atom is -0.356 e. The molecule has 1 unspecified atom stereocenters. The van der Waals surface area contributed by atoms with Gasteiger partial charge in [0.25, 0.3) is 0 Å². The van der Waals surface area contributed by atoms with Crippen LogP contribution in [0.25, 0.3) is 0 Å². The number of nitrogens with one attached hydrogen (secondary N) is 2. The van der Waals surface area contributed by atoms with Crippen molar-refractivity contribution in [1.82, 2.24) is 10.6 Å². The van der Waals surface area contributed by atoms with Crippen molar-refractivity contribution < 1.29 is 4.79 Å². The molecule has 0 aromatic carbocycles. The highest BCUT2D eigenvalue weighted by Gasteiger charge is 2.19. The van der Waals surface area contributed by atoms with Crippen LogP contribution in [0.15, 0.2) is 0 Å². The molecular weight excluding hydrogens is 236 g/mol. The molecule has 3 heteroatoms. The molecular formula is C16H30N2O. The number of carbonyl (C=O) groups excluding carboxylic acids is 1. The van der Waals surface area contributed by atoms with Gasteiger partial charge in [-0.05, 0) is 62.9 Å². The standard InChI is InChI=1S/C16H30N2O/c1-13-4-6-15(7-5-13)12-18-16(19)9-8-14-3-2-10-17-11-14/h13-15,17H,2-12H2,1H3,(H,18,19). The number of rotatable bonds is 5. The van der Waals surface area contributed by atoms with Gasteiger partial charge in [-0.2, -0.15) is 0 Å². The third-order valence-corrected chi connectivity index (χ3v) is 4.90. The van der Waals surface area contributed by atoms with Crippen LogP contribution in [0.2, 0.25) is 0 Å². The van der Waals surface area contributed by atoms with E-state index in [4.69, 9.17) is 0 Å². The number of amides is 1. The maximum absolute atomic E-state index is 11.9. The summed E-state index contributed by atoms with van der Waals surface area (Å²) in [7, 11) is 0. The van der Waals surface area contributed by atoms with E-state index in [0.29, 0.717) is 0 Å². The Morgan fingerprint density at radius 2 is 1.95 bits per heavy atom. The molecule has 0 aromatic rings. The monoisotopic (exact) mass is 266 g/mol. The molecule has 0 radical (unpaired) electrons. The topological polar surface area (TPSA) is 41.1 Å². The third-order valence-electron chi connectivity index (χ3n) is 4.90. The summed E-state index contributed by atoms with van der Waals surface area (Å²) in [6.45, 7) is 5.51.